The van der Waals surface area contributed by atoms with Crippen LogP contribution in [0.15, 0.2) is 53.5 Å². The van der Waals surface area contributed by atoms with Crippen molar-refractivity contribution in [2.75, 3.05) is 23.3 Å². The summed E-state index contributed by atoms with van der Waals surface area (Å²) < 4.78 is 77.7. The van der Waals surface area contributed by atoms with Crippen molar-refractivity contribution in [3.8, 4) is 5.69 Å². The summed E-state index contributed by atoms with van der Waals surface area (Å²) in [4.78, 5) is 27.8. The van der Waals surface area contributed by atoms with Gasteiger partial charge in [0.05, 0.1) is 23.1 Å². The lowest BCUT2D eigenvalue weighted by atomic mass is 9.89. The van der Waals surface area contributed by atoms with Gasteiger partial charge in [0.1, 0.15) is 11.4 Å². The average Bonchev–Trinajstić information content (AvgIpc) is 3.42. The van der Waals surface area contributed by atoms with Crippen molar-refractivity contribution >= 4 is 28.2 Å². The van der Waals surface area contributed by atoms with Crippen LogP contribution in [0.3, 0.4) is 0 Å². The summed E-state index contributed by atoms with van der Waals surface area (Å²) in [5.74, 6) is -2.93. The SMILES string of the molecule is [2H]C([2H])([2H])C(n1ncc2c(N3C[C@@H](N)C(C)(C)C3)c(NC(=O)c3ccc(=O)n(-c4c(F)cccc4F)n3)ccc21)C([2H])([2H])[2H]. The number of anilines is 2. The fourth-order valence-corrected chi connectivity index (χ4v) is 4.65. The molecule has 3 N–H and O–H groups in total. The molecule has 1 aliphatic heterocycles. The number of aromatic nitrogens is 4. The van der Waals surface area contributed by atoms with Gasteiger partial charge >= 0.3 is 0 Å². The Kier molecular flexibility index (Phi) is 4.67. The van der Waals surface area contributed by atoms with Gasteiger partial charge in [0.25, 0.3) is 11.5 Å². The van der Waals surface area contributed by atoms with Crippen molar-refractivity contribution in [3.05, 3.63) is 76.3 Å². The van der Waals surface area contributed by atoms with E-state index in [9.17, 15) is 18.4 Å². The first-order chi connectivity index (χ1) is 20.4. The smallest absolute Gasteiger partial charge is 0.276 e. The monoisotopic (exact) mass is 527 g/mol. The highest BCUT2D eigenvalue weighted by Crippen LogP contribution is 2.41. The van der Waals surface area contributed by atoms with E-state index >= 15 is 0 Å². The van der Waals surface area contributed by atoms with Gasteiger partial charge in [-0.3, -0.25) is 14.3 Å². The minimum atomic E-state index is -2.91. The molecule has 1 fully saturated rings. The predicted molar refractivity (Wildman–Crippen MR) is 142 cm³/mol. The van der Waals surface area contributed by atoms with E-state index < -0.39 is 48.5 Å². The molecule has 38 heavy (non-hydrogen) atoms. The number of carbonyl (C=O) groups excluding carboxylic acids is 1. The van der Waals surface area contributed by atoms with Crippen molar-refractivity contribution < 1.29 is 21.8 Å². The number of nitrogens with two attached hydrogens (primary N) is 1. The summed E-state index contributed by atoms with van der Waals surface area (Å²) >= 11 is 0. The zero-order chi connectivity index (χ0) is 32.4. The van der Waals surface area contributed by atoms with Crippen molar-refractivity contribution in [3.63, 3.8) is 0 Å². The van der Waals surface area contributed by atoms with Crippen LogP contribution in [0.5, 0.6) is 0 Å². The van der Waals surface area contributed by atoms with E-state index in [-0.39, 0.29) is 28.4 Å². The normalized spacial score (nSPS) is 19.9. The third-order valence-electron chi connectivity index (χ3n) is 6.76. The quantitative estimate of drug-likeness (QED) is 0.408. The fraction of sp³-hybridized carbons (Fsp3) is 0.333. The maximum atomic E-state index is 14.4. The van der Waals surface area contributed by atoms with Crippen molar-refractivity contribution in [2.45, 2.75) is 39.6 Å². The Morgan fingerprint density at radius 1 is 1.16 bits per heavy atom. The third kappa shape index (κ3) is 4.32. The summed E-state index contributed by atoms with van der Waals surface area (Å²) in [6, 6.07) is 5.77. The van der Waals surface area contributed by atoms with Crippen LogP contribution < -0.4 is 21.5 Å². The zero-order valence-electron chi connectivity index (χ0n) is 26.6. The third-order valence-corrected chi connectivity index (χ3v) is 6.76. The van der Waals surface area contributed by atoms with Gasteiger partial charge in [-0.25, -0.2) is 8.78 Å². The van der Waals surface area contributed by atoms with Gasteiger partial charge in [-0.2, -0.15) is 14.9 Å². The van der Waals surface area contributed by atoms with Gasteiger partial charge in [-0.05, 0) is 49.5 Å². The van der Waals surface area contributed by atoms with E-state index in [1.807, 2.05) is 18.7 Å². The summed E-state index contributed by atoms with van der Waals surface area (Å²) in [6.07, 6.45) is 1.33. The Morgan fingerprint density at radius 2 is 1.89 bits per heavy atom. The number of para-hydroxylation sites is 1. The van der Waals surface area contributed by atoms with Crippen LogP contribution in [0.4, 0.5) is 20.2 Å². The van der Waals surface area contributed by atoms with Crippen LogP contribution in [0.25, 0.3) is 16.6 Å². The number of fused-ring (bicyclic) bond motifs is 1. The molecule has 0 bridgehead atoms. The highest BCUT2D eigenvalue weighted by molar-refractivity contribution is 6.09. The topological polar surface area (TPSA) is 111 Å². The van der Waals surface area contributed by atoms with Gasteiger partial charge in [0.2, 0.25) is 0 Å². The van der Waals surface area contributed by atoms with Crippen LogP contribution in [-0.4, -0.2) is 44.6 Å². The van der Waals surface area contributed by atoms with Crippen LogP contribution in [0.2, 0.25) is 0 Å². The number of nitrogens with one attached hydrogen (secondary N) is 1. The Labute approximate surface area is 226 Å². The lowest BCUT2D eigenvalue weighted by molar-refractivity contribution is 0.102. The van der Waals surface area contributed by atoms with Crippen LogP contribution >= 0.6 is 0 Å². The van der Waals surface area contributed by atoms with E-state index in [4.69, 9.17) is 14.0 Å². The molecular formula is C27H29F2N7O2. The number of amides is 1. The number of halogens is 2. The van der Waals surface area contributed by atoms with Crippen LogP contribution in [0, 0.1) is 17.0 Å². The summed E-state index contributed by atoms with van der Waals surface area (Å²) in [5.41, 5.74) is 4.93. The maximum absolute atomic E-state index is 14.4. The molecule has 11 heteroatoms. The molecule has 5 rings (SSSR count). The minimum absolute atomic E-state index is 0.204. The average molecular weight is 528 g/mol. The predicted octanol–water partition coefficient (Wildman–Crippen LogP) is 3.87. The molecule has 2 aromatic carbocycles. The molecule has 1 amide bonds. The molecule has 0 unspecified atom stereocenters. The number of rotatable bonds is 5. The van der Waals surface area contributed by atoms with Gasteiger partial charge in [-0.15, -0.1) is 0 Å². The van der Waals surface area contributed by atoms with Gasteiger partial charge in [-0.1, -0.05) is 19.9 Å². The van der Waals surface area contributed by atoms with Crippen molar-refractivity contribution in [1.29, 1.82) is 0 Å². The van der Waals surface area contributed by atoms with Gasteiger partial charge < -0.3 is 16.0 Å². The van der Waals surface area contributed by atoms with E-state index in [1.165, 1.54) is 18.3 Å². The van der Waals surface area contributed by atoms with Crippen molar-refractivity contribution in [1.82, 2.24) is 19.6 Å². The van der Waals surface area contributed by atoms with Gasteiger partial charge in [0.15, 0.2) is 11.6 Å². The fourth-order valence-electron chi connectivity index (χ4n) is 4.65. The summed E-state index contributed by atoms with van der Waals surface area (Å²) in [7, 11) is 0. The number of nitrogens with zero attached hydrogens (tertiary/aromatic N) is 5. The second-order valence-electron chi connectivity index (χ2n) is 9.85. The standard InChI is InChI=1S/C27H29F2N7O2/c1-15(2)35-21-10-8-19(24(16(21)12-31-35)34-13-22(30)27(3,4)14-34)32-26(38)20-9-11-23(37)36(33-20)25-17(28)6-5-7-18(25)29/h5-12,15,22H,13-14,30H2,1-4H3,(H,32,38)/t22-/m1/s1/i1D3,2D3. The molecule has 4 aromatic rings. The molecule has 1 saturated heterocycles. The van der Waals surface area contributed by atoms with Crippen LogP contribution in [-0.2, 0) is 0 Å². The van der Waals surface area contributed by atoms with E-state index in [0.29, 0.717) is 28.8 Å². The molecule has 0 aliphatic carbocycles. The number of carbonyl (C=O) groups is 1. The maximum Gasteiger partial charge on any atom is 0.276 e. The molecule has 1 aliphatic rings. The zero-order valence-corrected chi connectivity index (χ0v) is 20.6. The lowest BCUT2D eigenvalue weighted by Gasteiger charge is -2.25. The first kappa shape index (κ1) is 19.0. The van der Waals surface area contributed by atoms with Crippen LogP contribution in [0.1, 0.15) is 52.3 Å². The van der Waals surface area contributed by atoms with E-state index in [2.05, 4.69) is 15.5 Å². The Balaban J connectivity index is 1.62. The first-order valence-electron chi connectivity index (χ1n) is 14.8. The summed E-state index contributed by atoms with van der Waals surface area (Å²) in [6.45, 7) is -1.12. The van der Waals surface area contributed by atoms with Crippen molar-refractivity contribution in [2.24, 2.45) is 11.1 Å². The Hall–Kier alpha value is -4.12. The molecule has 3 heterocycles. The molecular weight excluding hydrogens is 492 g/mol. The van der Waals surface area contributed by atoms with Gasteiger partial charge in [0, 0.05) is 44.9 Å². The lowest BCUT2D eigenvalue weighted by Crippen LogP contribution is -2.35. The second kappa shape index (κ2) is 9.32. The second-order valence-corrected chi connectivity index (χ2v) is 9.85. The largest absolute Gasteiger partial charge is 0.367 e. The molecule has 0 radical (unpaired) electrons. The summed E-state index contributed by atoms with van der Waals surface area (Å²) in [5, 5.41) is 11.2. The Morgan fingerprint density at radius 3 is 2.55 bits per heavy atom. The number of hydrogen-bond acceptors (Lipinski definition) is 6. The first-order valence-corrected chi connectivity index (χ1v) is 11.8. The molecule has 198 valence electrons. The number of benzene rings is 2. The van der Waals surface area contributed by atoms with E-state index in [0.717, 1.165) is 35.0 Å². The minimum Gasteiger partial charge on any atom is -0.367 e. The van der Waals surface area contributed by atoms with E-state index in [1.54, 1.807) is 0 Å². The highest BCUT2D eigenvalue weighted by atomic mass is 19.1. The number of hydrogen-bond donors (Lipinski definition) is 2. The Bertz CT molecular complexity index is 1780. The molecule has 0 saturated carbocycles. The highest BCUT2D eigenvalue weighted by Gasteiger charge is 2.38. The molecule has 9 nitrogen and oxygen atoms in total. The molecule has 2 aromatic heterocycles. The molecule has 0 spiro atoms. The molecule has 1 atom stereocenters.